The lowest BCUT2D eigenvalue weighted by Gasteiger charge is -2.28. The molecule has 2 rings (SSSR count). The second kappa shape index (κ2) is 13.2. The van der Waals surface area contributed by atoms with Crippen molar-refractivity contribution in [3.05, 3.63) is 36.0 Å². The molecule has 0 bridgehead atoms. The van der Waals surface area contributed by atoms with Crippen LogP contribution in [0.3, 0.4) is 0 Å². The fourth-order valence-corrected chi connectivity index (χ4v) is 4.02. The number of carboxylic acid groups (broad SMARTS) is 1. The minimum Gasteiger partial charge on any atom is -0.480 e. The van der Waals surface area contributed by atoms with Crippen LogP contribution in [-0.2, 0) is 25.6 Å². The molecule has 0 aliphatic rings. The Bertz CT molecular complexity index is 1100. The Morgan fingerprint density at radius 3 is 2.08 bits per heavy atom. The van der Waals surface area contributed by atoms with Gasteiger partial charge in [0.2, 0.25) is 17.7 Å². The number of nitrogens with one attached hydrogen (secondary N) is 4. The highest BCUT2D eigenvalue weighted by molar-refractivity contribution is 5.95. The molecule has 0 saturated heterocycles. The number of benzene rings is 1. The minimum atomic E-state index is -1.14. The van der Waals surface area contributed by atoms with Crippen LogP contribution in [0.1, 0.15) is 53.5 Å². The number of hydrogen-bond donors (Lipinski definition) is 6. The van der Waals surface area contributed by atoms with Gasteiger partial charge >= 0.3 is 5.97 Å². The minimum absolute atomic E-state index is 0.139. The quantitative estimate of drug-likeness (QED) is 0.238. The van der Waals surface area contributed by atoms with Crippen molar-refractivity contribution < 1.29 is 24.3 Å². The van der Waals surface area contributed by atoms with Gasteiger partial charge in [0.05, 0.1) is 6.04 Å². The number of para-hydroxylation sites is 1. The molecule has 1 aromatic carbocycles. The van der Waals surface area contributed by atoms with E-state index >= 15 is 0 Å². The SMILES string of the molecule is CCC(C)C(NC(=O)C(NC(=O)C(Cc1c[nH]c2ccccc12)NC(=O)C(N)C(C)C)C(C)C)C(=O)O. The van der Waals surface area contributed by atoms with E-state index in [2.05, 4.69) is 20.9 Å². The van der Waals surface area contributed by atoms with Crippen molar-refractivity contribution >= 4 is 34.6 Å². The summed E-state index contributed by atoms with van der Waals surface area (Å²) in [6, 6.07) is 3.72. The molecule has 0 saturated carbocycles. The number of hydrogen-bond acceptors (Lipinski definition) is 5. The van der Waals surface area contributed by atoms with E-state index < -0.39 is 47.9 Å². The molecule has 1 aromatic heterocycles. The number of nitrogens with two attached hydrogens (primary N) is 1. The standard InChI is InChI=1S/C27H41N5O5/c1-7-16(6)23(27(36)37)32-26(35)22(15(4)5)31-24(33)20(30-25(34)21(28)14(2)3)12-17-13-29-19-11-9-8-10-18(17)19/h8-11,13-16,20-23,29H,7,12,28H2,1-6H3,(H,30,34)(H,31,33)(H,32,35)(H,36,37). The van der Waals surface area contributed by atoms with Gasteiger partial charge in [-0.15, -0.1) is 0 Å². The van der Waals surface area contributed by atoms with E-state index in [9.17, 15) is 24.3 Å². The van der Waals surface area contributed by atoms with E-state index in [1.165, 1.54) is 0 Å². The van der Waals surface area contributed by atoms with Crippen LogP contribution in [0.15, 0.2) is 30.5 Å². The number of amides is 3. The summed E-state index contributed by atoms with van der Waals surface area (Å²) >= 11 is 0. The first-order valence-electron chi connectivity index (χ1n) is 12.8. The van der Waals surface area contributed by atoms with Gasteiger partial charge in [-0.1, -0.05) is 66.2 Å². The summed E-state index contributed by atoms with van der Waals surface area (Å²) < 4.78 is 0. The fraction of sp³-hybridized carbons (Fsp3) is 0.556. The van der Waals surface area contributed by atoms with Gasteiger partial charge in [-0.25, -0.2) is 4.79 Å². The normalized spacial score (nSPS) is 15.6. The van der Waals surface area contributed by atoms with E-state index in [0.717, 1.165) is 16.5 Å². The summed E-state index contributed by atoms with van der Waals surface area (Å²) in [6.45, 7) is 10.7. The zero-order valence-electron chi connectivity index (χ0n) is 22.5. The van der Waals surface area contributed by atoms with Gasteiger partial charge in [-0.3, -0.25) is 14.4 Å². The highest BCUT2D eigenvalue weighted by atomic mass is 16.4. The number of carbonyl (C=O) groups excluding carboxylic acids is 3. The summed E-state index contributed by atoms with van der Waals surface area (Å²) in [7, 11) is 0. The van der Waals surface area contributed by atoms with Crippen LogP contribution in [0.4, 0.5) is 0 Å². The number of carbonyl (C=O) groups is 4. The van der Waals surface area contributed by atoms with Gasteiger partial charge in [0.1, 0.15) is 18.1 Å². The zero-order valence-corrected chi connectivity index (χ0v) is 22.5. The van der Waals surface area contributed by atoms with E-state index in [1.54, 1.807) is 27.0 Å². The first-order valence-corrected chi connectivity index (χ1v) is 12.8. The maximum atomic E-state index is 13.5. The largest absolute Gasteiger partial charge is 0.480 e. The number of fused-ring (bicyclic) bond motifs is 1. The van der Waals surface area contributed by atoms with Crippen LogP contribution < -0.4 is 21.7 Å². The van der Waals surface area contributed by atoms with E-state index in [-0.39, 0.29) is 24.2 Å². The second-order valence-corrected chi connectivity index (χ2v) is 10.3. The van der Waals surface area contributed by atoms with Crippen molar-refractivity contribution in [1.82, 2.24) is 20.9 Å². The third-order valence-electron chi connectivity index (χ3n) is 6.78. The maximum absolute atomic E-state index is 13.5. The molecule has 204 valence electrons. The van der Waals surface area contributed by atoms with Crippen molar-refractivity contribution in [3.63, 3.8) is 0 Å². The number of carboxylic acids is 1. The van der Waals surface area contributed by atoms with Crippen molar-refractivity contribution in [2.45, 2.75) is 78.6 Å². The van der Waals surface area contributed by atoms with Gasteiger partial charge in [-0.2, -0.15) is 0 Å². The number of H-pyrrole nitrogens is 1. The van der Waals surface area contributed by atoms with Gasteiger partial charge in [0, 0.05) is 23.5 Å². The van der Waals surface area contributed by atoms with Crippen LogP contribution in [0.2, 0.25) is 0 Å². The van der Waals surface area contributed by atoms with Gasteiger partial charge in [0.25, 0.3) is 0 Å². The smallest absolute Gasteiger partial charge is 0.326 e. The van der Waals surface area contributed by atoms with E-state index in [1.807, 2.05) is 45.0 Å². The Balaban J connectivity index is 2.30. The Morgan fingerprint density at radius 2 is 1.51 bits per heavy atom. The molecule has 0 aliphatic heterocycles. The molecule has 10 heteroatoms. The van der Waals surface area contributed by atoms with Gasteiger partial charge in [0.15, 0.2) is 0 Å². The summed E-state index contributed by atoms with van der Waals surface area (Å²) in [5.41, 5.74) is 7.74. The lowest BCUT2D eigenvalue weighted by atomic mass is 9.96. The lowest BCUT2D eigenvalue weighted by Crippen LogP contribution is -2.59. The molecule has 0 fully saturated rings. The summed E-state index contributed by atoms with van der Waals surface area (Å²) in [5.74, 6) is -3.52. The Labute approximate surface area is 218 Å². The predicted molar refractivity (Wildman–Crippen MR) is 143 cm³/mol. The molecule has 7 N–H and O–H groups in total. The average molecular weight is 516 g/mol. The molecule has 0 radical (unpaired) electrons. The predicted octanol–water partition coefficient (Wildman–Crippen LogP) is 1.93. The molecule has 0 spiro atoms. The number of aromatic nitrogens is 1. The maximum Gasteiger partial charge on any atom is 0.326 e. The van der Waals surface area contributed by atoms with Crippen LogP contribution in [0, 0.1) is 17.8 Å². The number of aliphatic carboxylic acids is 1. The molecule has 37 heavy (non-hydrogen) atoms. The fourth-order valence-electron chi connectivity index (χ4n) is 4.02. The Hall–Kier alpha value is -3.40. The van der Waals surface area contributed by atoms with Crippen LogP contribution in [0.5, 0.6) is 0 Å². The molecule has 10 nitrogen and oxygen atoms in total. The van der Waals surface area contributed by atoms with E-state index in [4.69, 9.17) is 5.73 Å². The third kappa shape index (κ3) is 7.79. The summed E-state index contributed by atoms with van der Waals surface area (Å²) in [5, 5.41) is 18.6. The summed E-state index contributed by atoms with van der Waals surface area (Å²) in [4.78, 5) is 54.3. The number of rotatable bonds is 13. The second-order valence-electron chi connectivity index (χ2n) is 10.3. The van der Waals surface area contributed by atoms with E-state index in [0.29, 0.717) is 6.42 Å². The molecule has 0 aliphatic carbocycles. The zero-order chi connectivity index (χ0) is 27.9. The van der Waals surface area contributed by atoms with Gasteiger partial charge < -0.3 is 31.8 Å². The van der Waals surface area contributed by atoms with Crippen molar-refractivity contribution in [2.24, 2.45) is 23.5 Å². The molecule has 5 atom stereocenters. The van der Waals surface area contributed by atoms with Crippen molar-refractivity contribution in [3.8, 4) is 0 Å². The monoisotopic (exact) mass is 515 g/mol. The van der Waals surface area contributed by atoms with Crippen LogP contribution in [-0.4, -0.2) is 57.9 Å². The molecule has 3 amide bonds. The summed E-state index contributed by atoms with van der Waals surface area (Å²) in [6.07, 6.45) is 2.52. The highest BCUT2D eigenvalue weighted by Gasteiger charge is 2.33. The highest BCUT2D eigenvalue weighted by Crippen LogP contribution is 2.20. The lowest BCUT2D eigenvalue weighted by molar-refractivity contribution is -0.144. The Morgan fingerprint density at radius 1 is 0.892 bits per heavy atom. The van der Waals surface area contributed by atoms with Crippen LogP contribution >= 0.6 is 0 Å². The molecule has 5 unspecified atom stereocenters. The average Bonchev–Trinajstić information content (AvgIpc) is 3.26. The first kappa shape index (κ1) is 29.8. The van der Waals surface area contributed by atoms with Crippen molar-refractivity contribution in [1.29, 1.82) is 0 Å². The van der Waals surface area contributed by atoms with Crippen LogP contribution in [0.25, 0.3) is 10.9 Å². The molecule has 2 aromatic rings. The number of aromatic amines is 1. The van der Waals surface area contributed by atoms with Crippen molar-refractivity contribution in [2.75, 3.05) is 0 Å². The Kier molecular flexibility index (Phi) is 10.7. The van der Waals surface area contributed by atoms with Gasteiger partial charge in [-0.05, 0) is 29.4 Å². The topological polar surface area (TPSA) is 166 Å². The molecular formula is C27H41N5O5. The third-order valence-corrected chi connectivity index (χ3v) is 6.78. The molecular weight excluding hydrogens is 474 g/mol. The first-order chi connectivity index (χ1) is 17.4. The molecule has 1 heterocycles.